The SMILES string of the molecule is O=C(Nc1ccc(Br)cc1Br)c1ccc(F)cc1Br. The molecule has 1 amide bonds. The maximum atomic E-state index is 13.0. The molecule has 0 atom stereocenters. The number of hydrogen-bond acceptors (Lipinski definition) is 1. The van der Waals surface area contributed by atoms with Gasteiger partial charge >= 0.3 is 0 Å². The van der Waals surface area contributed by atoms with Crippen LogP contribution in [0.25, 0.3) is 0 Å². The van der Waals surface area contributed by atoms with Crippen LogP contribution in [0.15, 0.2) is 49.8 Å². The van der Waals surface area contributed by atoms with Crippen LogP contribution in [0.5, 0.6) is 0 Å². The first kappa shape index (κ1) is 14.7. The van der Waals surface area contributed by atoms with E-state index < -0.39 is 5.82 Å². The molecule has 0 unspecified atom stereocenters. The Morgan fingerprint density at radius 1 is 1.00 bits per heavy atom. The Labute approximate surface area is 134 Å². The van der Waals surface area contributed by atoms with Gasteiger partial charge in [0.2, 0.25) is 0 Å². The van der Waals surface area contributed by atoms with Crippen LogP contribution in [-0.2, 0) is 0 Å². The second-order valence-corrected chi connectivity index (χ2v) is 6.33. The predicted molar refractivity (Wildman–Crippen MR) is 83.9 cm³/mol. The number of carbonyl (C=O) groups excluding carboxylic acids is 1. The summed E-state index contributed by atoms with van der Waals surface area (Å²) >= 11 is 9.87. The molecule has 0 saturated carbocycles. The van der Waals surface area contributed by atoms with Gasteiger partial charge in [-0.05, 0) is 68.3 Å². The number of rotatable bonds is 2. The molecule has 2 nitrogen and oxygen atoms in total. The fourth-order valence-electron chi connectivity index (χ4n) is 1.45. The van der Waals surface area contributed by atoms with Gasteiger partial charge in [0.25, 0.3) is 5.91 Å². The van der Waals surface area contributed by atoms with E-state index in [4.69, 9.17) is 0 Å². The Balaban J connectivity index is 2.25. The molecule has 0 fully saturated rings. The zero-order valence-electron chi connectivity index (χ0n) is 9.38. The Morgan fingerprint density at radius 3 is 2.37 bits per heavy atom. The molecule has 2 rings (SSSR count). The zero-order valence-corrected chi connectivity index (χ0v) is 14.1. The topological polar surface area (TPSA) is 29.1 Å². The number of nitrogens with one attached hydrogen (secondary N) is 1. The first-order chi connectivity index (χ1) is 8.97. The zero-order chi connectivity index (χ0) is 14.0. The molecule has 0 spiro atoms. The first-order valence-electron chi connectivity index (χ1n) is 5.19. The van der Waals surface area contributed by atoms with E-state index in [0.29, 0.717) is 15.7 Å². The lowest BCUT2D eigenvalue weighted by Crippen LogP contribution is -2.13. The van der Waals surface area contributed by atoms with Crippen LogP contribution < -0.4 is 5.32 Å². The average molecular weight is 452 g/mol. The molecule has 98 valence electrons. The summed E-state index contributed by atoms with van der Waals surface area (Å²) in [6.07, 6.45) is 0. The van der Waals surface area contributed by atoms with Crippen LogP contribution in [-0.4, -0.2) is 5.91 Å². The van der Waals surface area contributed by atoms with Gasteiger partial charge in [-0.2, -0.15) is 0 Å². The summed E-state index contributed by atoms with van der Waals surface area (Å²) in [4.78, 5) is 12.1. The number of halogens is 4. The van der Waals surface area contributed by atoms with Crippen LogP contribution in [0.1, 0.15) is 10.4 Å². The number of amides is 1. The Bertz CT molecular complexity index is 646. The number of anilines is 1. The van der Waals surface area contributed by atoms with Crippen LogP contribution in [0.3, 0.4) is 0 Å². The fraction of sp³-hybridized carbons (Fsp3) is 0. The minimum Gasteiger partial charge on any atom is -0.321 e. The molecule has 0 aromatic heterocycles. The van der Waals surface area contributed by atoms with Crippen molar-refractivity contribution in [3.8, 4) is 0 Å². The molecule has 0 aliphatic rings. The highest BCUT2D eigenvalue weighted by molar-refractivity contribution is 9.11. The second kappa shape index (κ2) is 6.15. The van der Waals surface area contributed by atoms with Crippen molar-refractivity contribution in [2.45, 2.75) is 0 Å². The van der Waals surface area contributed by atoms with Gasteiger partial charge in [0, 0.05) is 13.4 Å². The minimum atomic E-state index is -0.395. The Kier molecular flexibility index (Phi) is 4.76. The smallest absolute Gasteiger partial charge is 0.256 e. The number of carbonyl (C=O) groups is 1. The van der Waals surface area contributed by atoms with Crippen molar-refractivity contribution >= 4 is 59.4 Å². The fourth-order valence-corrected chi connectivity index (χ4v) is 3.13. The Morgan fingerprint density at radius 2 is 1.74 bits per heavy atom. The number of hydrogen-bond donors (Lipinski definition) is 1. The molecule has 2 aromatic carbocycles. The van der Waals surface area contributed by atoms with E-state index in [0.717, 1.165) is 8.95 Å². The van der Waals surface area contributed by atoms with Crippen LogP contribution in [0, 0.1) is 5.82 Å². The molecule has 6 heteroatoms. The molecule has 0 heterocycles. The second-order valence-electron chi connectivity index (χ2n) is 3.70. The molecular formula is C13H7Br3FNO. The highest BCUT2D eigenvalue weighted by atomic mass is 79.9. The molecule has 2 aromatic rings. The third-order valence-electron chi connectivity index (χ3n) is 2.36. The van der Waals surface area contributed by atoms with Gasteiger partial charge in [-0.15, -0.1) is 0 Å². The lowest BCUT2D eigenvalue weighted by Gasteiger charge is -2.09. The van der Waals surface area contributed by atoms with E-state index in [9.17, 15) is 9.18 Å². The summed E-state index contributed by atoms with van der Waals surface area (Å²) in [5, 5.41) is 2.75. The largest absolute Gasteiger partial charge is 0.321 e. The van der Waals surface area contributed by atoms with Crippen molar-refractivity contribution < 1.29 is 9.18 Å². The van der Waals surface area contributed by atoms with Crippen LogP contribution in [0.4, 0.5) is 10.1 Å². The van der Waals surface area contributed by atoms with Gasteiger partial charge < -0.3 is 5.32 Å². The van der Waals surface area contributed by atoms with Gasteiger partial charge in [0.05, 0.1) is 11.3 Å². The van der Waals surface area contributed by atoms with E-state index in [2.05, 4.69) is 53.1 Å². The molecule has 0 saturated heterocycles. The van der Waals surface area contributed by atoms with E-state index in [1.165, 1.54) is 18.2 Å². The summed E-state index contributed by atoms with van der Waals surface area (Å²) in [5.41, 5.74) is 1.01. The molecular weight excluding hydrogens is 445 g/mol. The summed E-state index contributed by atoms with van der Waals surface area (Å²) in [5.74, 6) is -0.705. The highest BCUT2D eigenvalue weighted by Crippen LogP contribution is 2.27. The highest BCUT2D eigenvalue weighted by Gasteiger charge is 2.12. The molecule has 0 aliphatic carbocycles. The molecule has 0 radical (unpaired) electrons. The van der Waals surface area contributed by atoms with Crippen molar-refractivity contribution in [3.05, 3.63) is 61.2 Å². The lowest BCUT2D eigenvalue weighted by atomic mass is 10.2. The van der Waals surface area contributed by atoms with Crippen molar-refractivity contribution in [2.24, 2.45) is 0 Å². The average Bonchev–Trinajstić information content (AvgIpc) is 2.32. The van der Waals surface area contributed by atoms with Gasteiger partial charge in [-0.25, -0.2) is 4.39 Å². The van der Waals surface area contributed by atoms with Crippen molar-refractivity contribution in [3.63, 3.8) is 0 Å². The minimum absolute atomic E-state index is 0.310. The summed E-state index contributed by atoms with van der Waals surface area (Å²) in [7, 11) is 0. The summed E-state index contributed by atoms with van der Waals surface area (Å²) in [6.45, 7) is 0. The standard InChI is InChI=1S/C13H7Br3FNO/c14-7-1-4-12(11(16)5-7)18-13(19)9-3-2-8(17)6-10(9)15/h1-6H,(H,18,19). The lowest BCUT2D eigenvalue weighted by molar-refractivity contribution is 0.102. The summed E-state index contributed by atoms with van der Waals surface area (Å²) < 4.78 is 15.0. The van der Waals surface area contributed by atoms with E-state index in [1.54, 1.807) is 6.07 Å². The van der Waals surface area contributed by atoms with E-state index >= 15 is 0 Å². The maximum absolute atomic E-state index is 13.0. The molecule has 1 N–H and O–H groups in total. The van der Waals surface area contributed by atoms with Gasteiger partial charge in [0.15, 0.2) is 0 Å². The van der Waals surface area contributed by atoms with Gasteiger partial charge in [-0.3, -0.25) is 4.79 Å². The normalized spacial score (nSPS) is 10.3. The quantitative estimate of drug-likeness (QED) is 0.653. The van der Waals surface area contributed by atoms with Crippen molar-refractivity contribution in [2.75, 3.05) is 5.32 Å². The summed E-state index contributed by atoms with van der Waals surface area (Å²) in [6, 6.07) is 9.35. The van der Waals surface area contributed by atoms with Crippen LogP contribution in [0.2, 0.25) is 0 Å². The van der Waals surface area contributed by atoms with Gasteiger partial charge in [-0.1, -0.05) is 15.9 Å². The van der Waals surface area contributed by atoms with E-state index in [1.807, 2.05) is 12.1 Å². The first-order valence-corrected chi connectivity index (χ1v) is 7.57. The van der Waals surface area contributed by atoms with Crippen molar-refractivity contribution in [1.82, 2.24) is 0 Å². The van der Waals surface area contributed by atoms with Crippen LogP contribution >= 0.6 is 47.8 Å². The van der Waals surface area contributed by atoms with Crippen molar-refractivity contribution in [1.29, 1.82) is 0 Å². The molecule has 19 heavy (non-hydrogen) atoms. The third kappa shape index (κ3) is 3.64. The number of benzene rings is 2. The van der Waals surface area contributed by atoms with E-state index in [-0.39, 0.29) is 5.91 Å². The predicted octanol–water partition coefficient (Wildman–Crippen LogP) is 5.37. The molecule has 0 aliphatic heterocycles. The third-order valence-corrected chi connectivity index (χ3v) is 4.16. The Hall–Kier alpha value is -0.720. The molecule has 0 bridgehead atoms. The monoisotopic (exact) mass is 449 g/mol. The van der Waals surface area contributed by atoms with Gasteiger partial charge in [0.1, 0.15) is 5.82 Å². The maximum Gasteiger partial charge on any atom is 0.256 e.